The number of aromatic nitrogens is 2. The molecule has 1 aliphatic heterocycles. The fourth-order valence-corrected chi connectivity index (χ4v) is 3.46. The lowest BCUT2D eigenvalue weighted by Crippen LogP contribution is -2.45. The van der Waals surface area contributed by atoms with Gasteiger partial charge in [-0.3, -0.25) is 0 Å². The minimum atomic E-state index is -0.466. The monoisotopic (exact) mass is 386 g/mol. The van der Waals surface area contributed by atoms with Crippen LogP contribution in [0.3, 0.4) is 0 Å². The predicted molar refractivity (Wildman–Crippen MR) is 103 cm³/mol. The first-order valence-corrected chi connectivity index (χ1v) is 10.1. The molecule has 1 saturated heterocycles. The summed E-state index contributed by atoms with van der Waals surface area (Å²) in [5.41, 5.74) is -0.466. The Labute approximate surface area is 159 Å². The lowest BCUT2D eigenvalue weighted by atomic mass is 9.98. The lowest BCUT2D eigenvalue weighted by molar-refractivity contribution is 0.0170. The van der Waals surface area contributed by atoms with Crippen molar-refractivity contribution >= 4 is 35.3 Å². The molecular formula is C17H27ClN4O2S. The predicted octanol–water partition coefficient (Wildman–Crippen LogP) is 3.94. The van der Waals surface area contributed by atoms with Crippen LogP contribution in [0.25, 0.3) is 0 Å². The Balaban J connectivity index is 1.98. The molecule has 0 bridgehead atoms. The molecule has 140 valence electrons. The van der Waals surface area contributed by atoms with Gasteiger partial charge in [0, 0.05) is 32.7 Å². The van der Waals surface area contributed by atoms with Crippen molar-refractivity contribution in [2.24, 2.45) is 5.92 Å². The number of rotatable bonds is 4. The average Bonchev–Trinajstić information content (AvgIpc) is 2.52. The largest absolute Gasteiger partial charge is 0.444 e. The molecule has 1 amide bonds. The molecule has 2 rings (SSSR count). The molecule has 1 atom stereocenters. The summed E-state index contributed by atoms with van der Waals surface area (Å²) in [6.07, 6.45) is 3.76. The van der Waals surface area contributed by atoms with Gasteiger partial charge in [-0.05, 0) is 45.8 Å². The first-order valence-electron chi connectivity index (χ1n) is 8.45. The van der Waals surface area contributed by atoms with E-state index >= 15 is 0 Å². The number of anilines is 1. The highest BCUT2D eigenvalue weighted by atomic mass is 35.5. The number of ether oxygens (including phenoxy) is 1. The zero-order valence-corrected chi connectivity index (χ0v) is 17.2. The van der Waals surface area contributed by atoms with Gasteiger partial charge in [0.1, 0.15) is 16.6 Å². The first-order chi connectivity index (χ1) is 11.7. The average molecular weight is 387 g/mol. The zero-order chi connectivity index (χ0) is 18.6. The van der Waals surface area contributed by atoms with E-state index in [1.807, 2.05) is 39.0 Å². The Morgan fingerprint density at radius 2 is 2.20 bits per heavy atom. The van der Waals surface area contributed by atoms with Crippen molar-refractivity contribution in [3.05, 3.63) is 11.2 Å². The molecule has 1 aromatic rings. The van der Waals surface area contributed by atoms with Crippen LogP contribution in [0.15, 0.2) is 11.2 Å². The molecule has 0 spiro atoms. The van der Waals surface area contributed by atoms with Gasteiger partial charge in [-0.15, -0.1) is 0 Å². The van der Waals surface area contributed by atoms with Crippen LogP contribution in [-0.4, -0.2) is 59.5 Å². The van der Waals surface area contributed by atoms with Gasteiger partial charge in [0.25, 0.3) is 0 Å². The van der Waals surface area contributed by atoms with Gasteiger partial charge in [-0.25, -0.2) is 14.8 Å². The molecule has 0 radical (unpaired) electrons. The number of halogens is 1. The van der Waals surface area contributed by atoms with E-state index in [-0.39, 0.29) is 6.09 Å². The first kappa shape index (κ1) is 20.1. The van der Waals surface area contributed by atoms with Gasteiger partial charge in [-0.1, -0.05) is 23.4 Å². The minimum absolute atomic E-state index is 0.227. The third kappa shape index (κ3) is 6.22. The van der Waals surface area contributed by atoms with Gasteiger partial charge in [0.15, 0.2) is 5.16 Å². The minimum Gasteiger partial charge on any atom is -0.444 e. The fourth-order valence-electron chi connectivity index (χ4n) is 2.86. The summed E-state index contributed by atoms with van der Waals surface area (Å²) in [5, 5.41) is 1.11. The van der Waals surface area contributed by atoms with Crippen LogP contribution in [0.2, 0.25) is 5.15 Å². The third-order valence-corrected chi connectivity index (χ3v) is 4.68. The number of carbonyl (C=O) groups excluding carboxylic acids is 1. The van der Waals surface area contributed by atoms with Crippen molar-refractivity contribution in [2.45, 2.75) is 44.4 Å². The molecule has 0 aromatic carbocycles. The normalized spacial score (nSPS) is 18.2. The Morgan fingerprint density at radius 1 is 1.48 bits per heavy atom. The van der Waals surface area contributed by atoms with E-state index in [9.17, 15) is 4.79 Å². The highest BCUT2D eigenvalue weighted by Crippen LogP contribution is 2.24. The summed E-state index contributed by atoms with van der Waals surface area (Å²) < 4.78 is 5.49. The van der Waals surface area contributed by atoms with Crippen molar-refractivity contribution in [3.63, 3.8) is 0 Å². The Kier molecular flexibility index (Phi) is 6.79. The van der Waals surface area contributed by atoms with Crippen LogP contribution in [-0.2, 0) is 4.74 Å². The summed E-state index contributed by atoms with van der Waals surface area (Å²) in [7, 11) is 2.00. The zero-order valence-electron chi connectivity index (χ0n) is 15.6. The highest BCUT2D eigenvalue weighted by molar-refractivity contribution is 7.98. The van der Waals surface area contributed by atoms with Crippen LogP contribution in [0.4, 0.5) is 10.6 Å². The van der Waals surface area contributed by atoms with Crippen molar-refractivity contribution in [2.75, 3.05) is 37.8 Å². The van der Waals surface area contributed by atoms with Gasteiger partial charge in [-0.2, -0.15) is 0 Å². The number of nitrogens with zero attached hydrogens (tertiary/aromatic N) is 4. The van der Waals surface area contributed by atoms with Crippen molar-refractivity contribution in [1.82, 2.24) is 14.9 Å². The van der Waals surface area contributed by atoms with E-state index in [1.54, 1.807) is 6.07 Å². The van der Waals surface area contributed by atoms with Crippen LogP contribution < -0.4 is 4.90 Å². The maximum Gasteiger partial charge on any atom is 0.410 e. The van der Waals surface area contributed by atoms with Crippen molar-refractivity contribution in [1.29, 1.82) is 0 Å². The molecule has 1 aromatic heterocycles. The quantitative estimate of drug-likeness (QED) is 0.444. The molecule has 0 saturated carbocycles. The number of carbonyl (C=O) groups is 1. The van der Waals surface area contributed by atoms with E-state index in [0.29, 0.717) is 22.8 Å². The van der Waals surface area contributed by atoms with E-state index in [1.165, 1.54) is 11.8 Å². The standard InChI is InChI=1S/C17H27ClN4O2S/c1-17(2,3)24-16(23)22-8-6-7-12(11-22)10-21(4)14-9-13(18)19-15(20-14)25-5/h9,12H,6-8,10-11H2,1-5H3. The highest BCUT2D eigenvalue weighted by Gasteiger charge is 2.28. The molecule has 0 N–H and O–H groups in total. The van der Waals surface area contributed by atoms with E-state index in [4.69, 9.17) is 16.3 Å². The second-order valence-electron chi connectivity index (χ2n) is 7.35. The SMILES string of the molecule is CSc1nc(Cl)cc(N(C)CC2CCCN(C(=O)OC(C)(C)C)C2)n1. The Bertz CT molecular complexity index is 609. The molecule has 0 aliphatic carbocycles. The number of amides is 1. The van der Waals surface area contributed by atoms with Crippen molar-refractivity contribution < 1.29 is 9.53 Å². The molecule has 8 heteroatoms. The van der Waals surface area contributed by atoms with Crippen LogP contribution in [0.5, 0.6) is 0 Å². The van der Waals surface area contributed by atoms with Crippen LogP contribution >= 0.6 is 23.4 Å². The summed E-state index contributed by atoms with van der Waals surface area (Å²) in [6, 6.07) is 1.77. The molecule has 2 heterocycles. The number of hydrogen-bond donors (Lipinski definition) is 0. The Morgan fingerprint density at radius 3 is 2.84 bits per heavy atom. The van der Waals surface area contributed by atoms with E-state index in [0.717, 1.165) is 31.7 Å². The van der Waals surface area contributed by atoms with E-state index in [2.05, 4.69) is 14.9 Å². The van der Waals surface area contributed by atoms with Gasteiger partial charge < -0.3 is 14.5 Å². The number of hydrogen-bond acceptors (Lipinski definition) is 6. The second-order valence-corrected chi connectivity index (χ2v) is 8.51. The number of piperidine rings is 1. The number of likely N-dealkylation sites (tertiary alicyclic amines) is 1. The molecule has 1 aliphatic rings. The van der Waals surface area contributed by atoms with Crippen LogP contribution in [0.1, 0.15) is 33.6 Å². The van der Waals surface area contributed by atoms with Crippen LogP contribution in [0, 0.1) is 5.92 Å². The second kappa shape index (κ2) is 8.45. The smallest absolute Gasteiger partial charge is 0.410 e. The topological polar surface area (TPSA) is 58.6 Å². The lowest BCUT2D eigenvalue weighted by Gasteiger charge is -2.35. The molecule has 1 fully saturated rings. The maximum absolute atomic E-state index is 12.3. The number of thioether (sulfide) groups is 1. The molecule has 25 heavy (non-hydrogen) atoms. The molecule has 1 unspecified atom stereocenters. The fraction of sp³-hybridized carbons (Fsp3) is 0.706. The summed E-state index contributed by atoms with van der Waals surface area (Å²) >= 11 is 7.55. The van der Waals surface area contributed by atoms with Gasteiger partial charge in [0.2, 0.25) is 0 Å². The Hall–Kier alpha value is -1.21. The van der Waals surface area contributed by atoms with Gasteiger partial charge >= 0.3 is 6.09 Å². The summed E-state index contributed by atoms with van der Waals surface area (Å²) in [4.78, 5) is 24.9. The van der Waals surface area contributed by atoms with Gasteiger partial charge in [0.05, 0.1) is 0 Å². The maximum atomic E-state index is 12.3. The summed E-state index contributed by atoms with van der Waals surface area (Å²) in [5.74, 6) is 1.18. The van der Waals surface area contributed by atoms with E-state index < -0.39 is 5.60 Å². The van der Waals surface area contributed by atoms with Crippen molar-refractivity contribution in [3.8, 4) is 0 Å². The molecule has 6 nitrogen and oxygen atoms in total. The summed E-state index contributed by atoms with van der Waals surface area (Å²) in [6.45, 7) is 7.94. The molecular weight excluding hydrogens is 360 g/mol. The third-order valence-electron chi connectivity index (χ3n) is 3.94.